The van der Waals surface area contributed by atoms with Gasteiger partial charge < -0.3 is 5.11 Å². The molecular formula is C8H13N3O4S. The lowest BCUT2D eigenvalue weighted by Crippen LogP contribution is -2.44. The Morgan fingerprint density at radius 2 is 2.19 bits per heavy atom. The van der Waals surface area contributed by atoms with Crippen LogP contribution in [0.3, 0.4) is 0 Å². The summed E-state index contributed by atoms with van der Waals surface area (Å²) in [7, 11) is -3.83. The number of hydrogen-bond donors (Lipinski definition) is 3. The molecule has 0 fully saturated rings. The van der Waals surface area contributed by atoms with Crippen LogP contribution >= 0.6 is 0 Å². The van der Waals surface area contributed by atoms with Gasteiger partial charge >= 0.3 is 5.97 Å². The maximum Gasteiger partial charge on any atom is 0.322 e. The minimum atomic E-state index is -3.83. The van der Waals surface area contributed by atoms with Crippen molar-refractivity contribution >= 4 is 16.0 Å². The topological polar surface area (TPSA) is 112 Å². The van der Waals surface area contributed by atoms with E-state index in [2.05, 4.69) is 14.9 Å². The summed E-state index contributed by atoms with van der Waals surface area (Å²) in [6.07, 6.45) is 2.29. The van der Waals surface area contributed by atoms with Crippen molar-refractivity contribution in [3.63, 3.8) is 0 Å². The Kier molecular flexibility index (Phi) is 3.66. The fraction of sp³-hybridized carbons (Fsp3) is 0.500. The van der Waals surface area contributed by atoms with E-state index in [9.17, 15) is 13.2 Å². The van der Waals surface area contributed by atoms with Crippen molar-refractivity contribution in [2.24, 2.45) is 5.92 Å². The molecule has 0 aliphatic heterocycles. The van der Waals surface area contributed by atoms with Crippen LogP contribution in [0.1, 0.15) is 13.8 Å². The molecule has 0 spiro atoms. The Labute approximate surface area is 92.9 Å². The first kappa shape index (κ1) is 12.7. The van der Waals surface area contributed by atoms with Crippen molar-refractivity contribution in [3.8, 4) is 0 Å². The highest BCUT2D eigenvalue weighted by Crippen LogP contribution is 2.09. The van der Waals surface area contributed by atoms with Crippen LogP contribution in [0, 0.1) is 5.92 Å². The highest BCUT2D eigenvalue weighted by atomic mass is 32.2. The number of rotatable bonds is 5. The normalized spacial score (nSPS) is 13.9. The number of aromatic amines is 1. The molecule has 1 aromatic rings. The maximum atomic E-state index is 11.7. The number of nitrogens with one attached hydrogen (secondary N) is 2. The molecule has 0 radical (unpaired) electrons. The highest BCUT2D eigenvalue weighted by molar-refractivity contribution is 7.89. The zero-order chi connectivity index (χ0) is 12.3. The minimum absolute atomic E-state index is 0.0839. The maximum absolute atomic E-state index is 11.7. The lowest BCUT2D eigenvalue weighted by molar-refractivity contribution is -0.140. The molecule has 0 amide bonds. The quantitative estimate of drug-likeness (QED) is 0.667. The molecule has 0 saturated carbocycles. The Morgan fingerprint density at radius 3 is 2.56 bits per heavy atom. The van der Waals surface area contributed by atoms with Crippen molar-refractivity contribution in [1.82, 2.24) is 14.9 Å². The van der Waals surface area contributed by atoms with Gasteiger partial charge in [-0.15, -0.1) is 0 Å². The standard InChI is InChI=1S/C8H13N3O4S/c1-5(2)7(8(12)13)11-16(14,15)6-3-9-10-4-6/h3-5,7,11H,1-2H3,(H,9,10)(H,12,13)/t7-/m1/s1. The second-order valence-electron chi connectivity index (χ2n) is 3.62. The first-order valence-corrected chi connectivity index (χ1v) is 6.07. The number of hydrogen-bond acceptors (Lipinski definition) is 4. The van der Waals surface area contributed by atoms with Gasteiger partial charge in [0.15, 0.2) is 0 Å². The molecule has 16 heavy (non-hydrogen) atoms. The van der Waals surface area contributed by atoms with Crippen molar-refractivity contribution in [2.75, 3.05) is 0 Å². The number of H-pyrrole nitrogens is 1. The van der Waals surface area contributed by atoms with Crippen LogP contribution in [-0.4, -0.2) is 35.7 Å². The summed E-state index contributed by atoms with van der Waals surface area (Å²) in [5, 5.41) is 14.7. The van der Waals surface area contributed by atoms with Gasteiger partial charge in [0.1, 0.15) is 10.9 Å². The van der Waals surface area contributed by atoms with E-state index in [0.717, 1.165) is 6.20 Å². The number of sulfonamides is 1. The number of aromatic nitrogens is 2. The van der Waals surface area contributed by atoms with Crippen LogP contribution in [-0.2, 0) is 14.8 Å². The molecular weight excluding hydrogens is 234 g/mol. The van der Waals surface area contributed by atoms with Crippen LogP contribution in [0.5, 0.6) is 0 Å². The second kappa shape index (κ2) is 4.62. The van der Waals surface area contributed by atoms with Gasteiger partial charge in [-0.05, 0) is 5.92 Å². The van der Waals surface area contributed by atoms with E-state index in [4.69, 9.17) is 5.11 Å². The van der Waals surface area contributed by atoms with Crippen molar-refractivity contribution in [1.29, 1.82) is 0 Å². The third-order valence-electron chi connectivity index (χ3n) is 2.00. The fourth-order valence-corrected chi connectivity index (χ4v) is 2.34. The number of nitrogens with zero attached hydrogens (tertiary/aromatic N) is 1. The summed E-state index contributed by atoms with van der Waals surface area (Å²) in [4.78, 5) is 10.8. The van der Waals surface area contributed by atoms with E-state index >= 15 is 0 Å². The van der Waals surface area contributed by atoms with Crippen molar-refractivity contribution in [2.45, 2.75) is 24.8 Å². The number of aliphatic carboxylic acids is 1. The highest BCUT2D eigenvalue weighted by Gasteiger charge is 2.28. The predicted octanol–water partition coefficient (Wildman–Crippen LogP) is -0.203. The van der Waals surface area contributed by atoms with E-state index in [-0.39, 0.29) is 10.8 Å². The third kappa shape index (κ3) is 2.80. The Bertz CT molecular complexity index is 452. The molecule has 0 aliphatic carbocycles. The molecule has 0 aromatic carbocycles. The monoisotopic (exact) mass is 247 g/mol. The zero-order valence-electron chi connectivity index (χ0n) is 8.84. The van der Waals surface area contributed by atoms with Crippen LogP contribution in [0.4, 0.5) is 0 Å². The third-order valence-corrected chi connectivity index (χ3v) is 3.41. The van der Waals surface area contributed by atoms with E-state index in [1.807, 2.05) is 0 Å². The second-order valence-corrected chi connectivity index (χ2v) is 5.33. The van der Waals surface area contributed by atoms with Crippen molar-refractivity contribution < 1.29 is 18.3 Å². The molecule has 0 aliphatic rings. The predicted molar refractivity (Wildman–Crippen MR) is 55.2 cm³/mol. The average molecular weight is 247 g/mol. The average Bonchev–Trinajstić information content (AvgIpc) is 2.66. The molecule has 0 saturated heterocycles. The molecule has 1 rings (SSSR count). The number of carbonyl (C=O) groups is 1. The van der Waals surface area contributed by atoms with Gasteiger partial charge in [0.05, 0.1) is 6.20 Å². The van der Waals surface area contributed by atoms with Gasteiger partial charge in [0.2, 0.25) is 10.0 Å². The molecule has 90 valence electrons. The molecule has 1 heterocycles. The van der Waals surface area contributed by atoms with Gasteiger partial charge in [-0.25, -0.2) is 8.42 Å². The fourth-order valence-electron chi connectivity index (χ4n) is 1.09. The Hall–Kier alpha value is -1.41. The van der Waals surface area contributed by atoms with Gasteiger partial charge in [0.25, 0.3) is 0 Å². The first-order valence-electron chi connectivity index (χ1n) is 4.58. The SMILES string of the molecule is CC(C)[C@@H](NS(=O)(=O)c1cn[nH]c1)C(=O)O. The molecule has 3 N–H and O–H groups in total. The van der Waals surface area contributed by atoms with Crippen molar-refractivity contribution in [3.05, 3.63) is 12.4 Å². The van der Waals surface area contributed by atoms with Crippen LogP contribution in [0.15, 0.2) is 17.3 Å². The van der Waals surface area contributed by atoms with E-state index < -0.39 is 22.0 Å². The number of carboxylic acids is 1. The Morgan fingerprint density at radius 1 is 1.56 bits per heavy atom. The summed E-state index contributed by atoms with van der Waals surface area (Å²) in [5.41, 5.74) is 0. The smallest absolute Gasteiger partial charge is 0.322 e. The lowest BCUT2D eigenvalue weighted by atomic mass is 10.1. The summed E-state index contributed by atoms with van der Waals surface area (Å²) < 4.78 is 25.5. The van der Waals surface area contributed by atoms with Gasteiger partial charge in [-0.1, -0.05) is 13.8 Å². The van der Waals surface area contributed by atoms with E-state index in [1.54, 1.807) is 13.8 Å². The van der Waals surface area contributed by atoms with Gasteiger partial charge in [-0.2, -0.15) is 9.82 Å². The number of carboxylic acid groups (broad SMARTS) is 1. The van der Waals surface area contributed by atoms with Crippen LogP contribution < -0.4 is 4.72 Å². The van der Waals surface area contributed by atoms with Gasteiger partial charge in [0, 0.05) is 6.20 Å². The molecule has 7 nitrogen and oxygen atoms in total. The summed E-state index contributed by atoms with van der Waals surface area (Å²) in [5.74, 6) is -1.55. The van der Waals surface area contributed by atoms with E-state index in [0.29, 0.717) is 0 Å². The molecule has 0 bridgehead atoms. The lowest BCUT2D eigenvalue weighted by Gasteiger charge is -2.17. The molecule has 8 heteroatoms. The van der Waals surface area contributed by atoms with Crippen LogP contribution in [0.2, 0.25) is 0 Å². The molecule has 0 unspecified atom stereocenters. The summed E-state index contributed by atoms with van der Waals surface area (Å²) >= 11 is 0. The molecule has 1 aromatic heterocycles. The molecule has 1 atom stereocenters. The first-order chi connectivity index (χ1) is 7.34. The largest absolute Gasteiger partial charge is 0.480 e. The Balaban J connectivity index is 2.92. The van der Waals surface area contributed by atoms with E-state index in [1.165, 1.54) is 6.20 Å². The summed E-state index contributed by atoms with van der Waals surface area (Å²) in [6.45, 7) is 3.24. The van der Waals surface area contributed by atoms with Gasteiger partial charge in [-0.3, -0.25) is 9.89 Å². The zero-order valence-corrected chi connectivity index (χ0v) is 9.65. The summed E-state index contributed by atoms with van der Waals surface area (Å²) in [6, 6.07) is -1.15. The minimum Gasteiger partial charge on any atom is -0.480 e. The van der Waals surface area contributed by atoms with Crippen LogP contribution in [0.25, 0.3) is 0 Å².